The van der Waals surface area contributed by atoms with E-state index in [1.165, 1.54) is 12.5 Å². The van der Waals surface area contributed by atoms with E-state index < -0.39 is 4.92 Å². The Kier molecular flexibility index (Phi) is 3.69. The summed E-state index contributed by atoms with van der Waals surface area (Å²) in [7, 11) is 0. The van der Waals surface area contributed by atoms with Crippen LogP contribution in [0.4, 0.5) is 5.69 Å². The molecule has 5 nitrogen and oxygen atoms in total. The molecule has 1 aromatic carbocycles. The van der Waals surface area contributed by atoms with Gasteiger partial charge in [0.1, 0.15) is 0 Å². The summed E-state index contributed by atoms with van der Waals surface area (Å²) in [5.41, 5.74) is 0.851. The number of fused-ring (bicyclic) bond motifs is 2. The highest BCUT2D eigenvalue weighted by Gasteiger charge is 2.61. The number of nitro benzene ring substituents is 1. The second kappa shape index (κ2) is 5.32. The molecule has 3 rings (SSSR count). The van der Waals surface area contributed by atoms with Crippen LogP contribution in [0.15, 0.2) is 24.3 Å². The number of carbonyl (C=O) groups excluding carboxylic acids is 1. The van der Waals surface area contributed by atoms with Gasteiger partial charge in [-0.1, -0.05) is 39.0 Å². The van der Waals surface area contributed by atoms with Crippen molar-refractivity contribution in [2.75, 3.05) is 0 Å². The number of nitro groups is 1. The second-order valence-electron chi connectivity index (χ2n) is 7.79. The Balaban J connectivity index is 1.71. The van der Waals surface area contributed by atoms with E-state index in [1.54, 1.807) is 18.2 Å². The minimum atomic E-state index is -0.426. The summed E-state index contributed by atoms with van der Waals surface area (Å²) in [5.74, 6) is 0.540. The van der Waals surface area contributed by atoms with Gasteiger partial charge in [-0.25, -0.2) is 0 Å². The molecular weight excluding hydrogens is 292 g/mol. The van der Waals surface area contributed by atoms with Gasteiger partial charge in [0.25, 0.3) is 5.69 Å². The molecule has 0 spiro atoms. The largest absolute Gasteiger partial charge is 0.353 e. The molecule has 5 heteroatoms. The molecule has 3 unspecified atom stereocenters. The van der Waals surface area contributed by atoms with Crippen LogP contribution in [0.5, 0.6) is 0 Å². The van der Waals surface area contributed by atoms with Gasteiger partial charge in [-0.05, 0) is 36.0 Å². The molecule has 1 N–H and O–H groups in total. The maximum atomic E-state index is 12.4. The summed E-state index contributed by atoms with van der Waals surface area (Å²) in [6.07, 6.45) is 3.46. The molecule has 0 aromatic heterocycles. The molecule has 2 fully saturated rings. The first-order valence-electron chi connectivity index (χ1n) is 8.27. The third-order valence-electron chi connectivity index (χ3n) is 6.67. The molecule has 2 aliphatic rings. The topological polar surface area (TPSA) is 72.2 Å². The standard InChI is InChI=1S/C18H24N2O3/c1-17(2)13-8-9-18(17,3)15(11-13)19-16(21)10-12-6-4-5-7-14(12)20(22)23/h4-7,13,15H,8-11H2,1-3H3,(H,19,21). The lowest BCUT2D eigenvalue weighted by Crippen LogP contribution is -2.47. The van der Waals surface area contributed by atoms with Crippen molar-refractivity contribution in [3.63, 3.8) is 0 Å². The summed E-state index contributed by atoms with van der Waals surface area (Å²) < 4.78 is 0. The molecule has 2 aliphatic carbocycles. The van der Waals surface area contributed by atoms with Crippen molar-refractivity contribution >= 4 is 11.6 Å². The van der Waals surface area contributed by atoms with E-state index in [9.17, 15) is 14.9 Å². The molecule has 1 aromatic rings. The lowest BCUT2D eigenvalue weighted by Gasteiger charge is -2.39. The van der Waals surface area contributed by atoms with Crippen LogP contribution in [-0.2, 0) is 11.2 Å². The zero-order valence-electron chi connectivity index (χ0n) is 14.0. The monoisotopic (exact) mass is 316 g/mol. The molecule has 2 bridgehead atoms. The third kappa shape index (κ3) is 2.42. The first kappa shape index (κ1) is 16.0. The lowest BCUT2D eigenvalue weighted by atomic mass is 9.69. The van der Waals surface area contributed by atoms with Crippen molar-refractivity contribution in [1.82, 2.24) is 5.32 Å². The van der Waals surface area contributed by atoms with Crippen LogP contribution in [0.2, 0.25) is 0 Å². The minimum absolute atomic E-state index is 0.0159. The number of para-hydroxylation sites is 1. The fourth-order valence-corrected chi connectivity index (χ4v) is 4.68. The summed E-state index contributed by atoms with van der Waals surface area (Å²) in [6, 6.07) is 6.64. The molecule has 0 saturated heterocycles. The predicted octanol–water partition coefficient (Wildman–Crippen LogP) is 3.47. The van der Waals surface area contributed by atoms with Crippen LogP contribution < -0.4 is 5.32 Å². The molecule has 124 valence electrons. The Morgan fingerprint density at radius 1 is 1.35 bits per heavy atom. The Labute approximate surface area is 136 Å². The SMILES string of the molecule is CC1(C)C2CCC1(C)C(NC(=O)Cc1ccccc1[N+](=O)[O-])C2. The molecule has 1 amide bonds. The van der Waals surface area contributed by atoms with Gasteiger partial charge in [-0.15, -0.1) is 0 Å². The average molecular weight is 316 g/mol. The number of rotatable bonds is 4. The Morgan fingerprint density at radius 2 is 2.04 bits per heavy atom. The highest BCUT2D eigenvalue weighted by atomic mass is 16.6. The third-order valence-corrected chi connectivity index (χ3v) is 6.67. The molecular formula is C18H24N2O3. The molecule has 0 aliphatic heterocycles. The Morgan fingerprint density at radius 3 is 2.61 bits per heavy atom. The van der Waals surface area contributed by atoms with Gasteiger partial charge in [0, 0.05) is 17.7 Å². The minimum Gasteiger partial charge on any atom is -0.353 e. The average Bonchev–Trinajstić information content (AvgIpc) is 2.81. The van der Waals surface area contributed by atoms with Gasteiger partial charge in [0.05, 0.1) is 11.3 Å². The molecule has 0 radical (unpaired) electrons. The van der Waals surface area contributed by atoms with Gasteiger partial charge in [-0.2, -0.15) is 0 Å². The number of amides is 1. The highest BCUT2D eigenvalue weighted by Crippen LogP contribution is 2.65. The molecule has 2 saturated carbocycles. The van der Waals surface area contributed by atoms with Crippen LogP contribution in [0, 0.1) is 26.9 Å². The number of nitrogens with zero attached hydrogens (tertiary/aromatic N) is 1. The number of carbonyl (C=O) groups is 1. The van der Waals surface area contributed by atoms with E-state index in [0.29, 0.717) is 11.5 Å². The van der Waals surface area contributed by atoms with Crippen molar-refractivity contribution in [3.8, 4) is 0 Å². The summed E-state index contributed by atoms with van der Waals surface area (Å²) in [4.78, 5) is 23.1. The number of hydrogen-bond acceptors (Lipinski definition) is 3. The van der Waals surface area contributed by atoms with Gasteiger partial charge < -0.3 is 5.32 Å². The maximum Gasteiger partial charge on any atom is 0.273 e. The van der Waals surface area contributed by atoms with Crippen molar-refractivity contribution in [2.45, 2.75) is 52.5 Å². The van der Waals surface area contributed by atoms with Crippen LogP contribution in [0.3, 0.4) is 0 Å². The first-order valence-corrected chi connectivity index (χ1v) is 8.27. The molecule has 0 heterocycles. The fraction of sp³-hybridized carbons (Fsp3) is 0.611. The van der Waals surface area contributed by atoms with E-state index in [1.807, 2.05) is 0 Å². The highest BCUT2D eigenvalue weighted by molar-refractivity contribution is 5.80. The first-order chi connectivity index (χ1) is 10.8. The van der Waals surface area contributed by atoms with Gasteiger partial charge >= 0.3 is 0 Å². The molecule has 23 heavy (non-hydrogen) atoms. The summed E-state index contributed by atoms with van der Waals surface area (Å²) >= 11 is 0. The van der Waals surface area contributed by atoms with Gasteiger partial charge in [0.2, 0.25) is 5.91 Å². The van der Waals surface area contributed by atoms with Crippen LogP contribution in [0.1, 0.15) is 45.6 Å². The van der Waals surface area contributed by atoms with E-state index >= 15 is 0 Å². The lowest BCUT2D eigenvalue weighted by molar-refractivity contribution is -0.385. The van der Waals surface area contributed by atoms with E-state index in [0.717, 1.165) is 12.8 Å². The Hall–Kier alpha value is -1.91. The number of hydrogen-bond donors (Lipinski definition) is 1. The van der Waals surface area contributed by atoms with Crippen molar-refractivity contribution < 1.29 is 9.72 Å². The number of nitrogens with one attached hydrogen (secondary N) is 1. The Bertz CT molecular complexity index is 655. The fourth-order valence-electron chi connectivity index (χ4n) is 4.68. The normalized spacial score (nSPS) is 31.1. The van der Waals surface area contributed by atoms with Crippen LogP contribution >= 0.6 is 0 Å². The second-order valence-corrected chi connectivity index (χ2v) is 7.79. The van der Waals surface area contributed by atoms with Crippen LogP contribution in [0.25, 0.3) is 0 Å². The summed E-state index contributed by atoms with van der Waals surface area (Å²) in [5, 5.41) is 14.2. The molecule has 3 atom stereocenters. The van der Waals surface area contributed by atoms with E-state index in [2.05, 4.69) is 26.1 Å². The number of benzene rings is 1. The van der Waals surface area contributed by atoms with Crippen molar-refractivity contribution in [2.24, 2.45) is 16.7 Å². The predicted molar refractivity (Wildman–Crippen MR) is 88.0 cm³/mol. The van der Waals surface area contributed by atoms with E-state index in [-0.39, 0.29) is 34.9 Å². The van der Waals surface area contributed by atoms with Crippen molar-refractivity contribution in [1.29, 1.82) is 0 Å². The van der Waals surface area contributed by atoms with Gasteiger partial charge in [0.15, 0.2) is 0 Å². The summed E-state index contributed by atoms with van der Waals surface area (Å²) in [6.45, 7) is 6.88. The quantitative estimate of drug-likeness (QED) is 0.683. The zero-order valence-corrected chi connectivity index (χ0v) is 14.0. The smallest absolute Gasteiger partial charge is 0.273 e. The maximum absolute atomic E-state index is 12.4. The van der Waals surface area contributed by atoms with Gasteiger partial charge in [-0.3, -0.25) is 14.9 Å². The van der Waals surface area contributed by atoms with Crippen LogP contribution in [-0.4, -0.2) is 16.9 Å². The van der Waals surface area contributed by atoms with E-state index in [4.69, 9.17) is 0 Å². The van der Waals surface area contributed by atoms with Crippen molar-refractivity contribution in [3.05, 3.63) is 39.9 Å². The zero-order chi connectivity index (χ0) is 16.8.